The fraction of sp³-hybridized carbons (Fsp3) is 0.250. The molecule has 3 rings (SSSR count). The van der Waals surface area contributed by atoms with Gasteiger partial charge in [-0.25, -0.2) is 0 Å². The molecule has 0 bridgehead atoms. The van der Waals surface area contributed by atoms with Gasteiger partial charge in [-0.15, -0.1) is 24.0 Å². The van der Waals surface area contributed by atoms with Crippen molar-refractivity contribution in [2.24, 2.45) is 4.99 Å². The number of pyridine rings is 1. The van der Waals surface area contributed by atoms with Crippen molar-refractivity contribution >= 4 is 29.9 Å². The lowest BCUT2D eigenvalue weighted by molar-refractivity contribution is 0.301. The molecule has 0 fully saturated rings. The highest BCUT2D eigenvalue weighted by Gasteiger charge is 2.01. The van der Waals surface area contributed by atoms with Gasteiger partial charge in [0.15, 0.2) is 5.96 Å². The fourth-order valence-corrected chi connectivity index (χ4v) is 2.74. The molecule has 0 saturated carbocycles. The first-order valence-corrected chi connectivity index (χ1v) is 10.1. The smallest absolute Gasteiger partial charge is 0.191 e. The van der Waals surface area contributed by atoms with Crippen LogP contribution in [0.3, 0.4) is 0 Å². The van der Waals surface area contributed by atoms with E-state index in [0.717, 1.165) is 41.7 Å². The van der Waals surface area contributed by atoms with E-state index < -0.39 is 0 Å². The van der Waals surface area contributed by atoms with Crippen molar-refractivity contribution in [2.75, 3.05) is 20.2 Å². The van der Waals surface area contributed by atoms with Crippen LogP contribution in [0.15, 0.2) is 84.0 Å². The van der Waals surface area contributed by atoms with Gasteiger partial charge >= 0.3 is 0 Å². The topological polar surface area (TPSA) is 67.8 Å². The third kappa shape index (κ3) is 9.25. The number of para-hydroxylation sites is 1. The van der Waals surface area contributed by atoms with Crippen LogP contribution in [0.2, 0.25) is 0 Å². The van der Waals surface area contributed by atoms with E-state index in [0.29, 0.717) is 19.8 Å². The van der Waals surface area contributed by atoms with E-state index in [2.05, 4.69) is 20.6 Å². The summed E-state index contributed by atoms with van der Waals surface area (Å²) in [5.74, 6) is 2.49. The van der Waals surface area contributed by atoms with Gasteiger partial charge in [0, 0.05) is 26.3 Å². The molecule has 0 spiro atoms. The molecule has 7 heteroatoms. The number of aliphatic imine (C=N–C) groups is 1. The standard InChI is InChI=1S/C24H28N4O2.HI/c1-25-24(27-16-7-17-29-22-9-3-2-4-10-22)28-18-20-11-13-23(14-12-20)30-19-21-8-5-6-15-26-21;/h2-6,8-15H,7,16-19H2,1H3,(H2,25,27,28);1H. The van der Waals surface area contributed by atoms with Gasteiger partial charge in [0.1, 0.15) is 18.1 Å². The number of nitrogens with zero attached hydrogens (tertiary/aromatic N) is 2. The molecule has 6 nitrogen and oxygen atoms in total. The Morgan fingerprint density at radius 2 is 1.61 bits per heavy atom. The van der Waals surface area contributed by atoms with Gasteiger partial charge in [0.2, 0.25) is 0 Å². The van der Waals surface area contributed by atoms with E-state index in [1.54, 1.807) is 13.2 Å². The van der Waals surface area contributed by atoms with Crippen molar-refractivity contribution in [2.45, 2.75) is 19.6 Å². The lowest BCUT2D eigenvalue weighted by atomic mass is 10.2. The van der Waals surface area contributed by atoms with Crippen LogP contribution in [-0.4, -0.2) is 31.1 Å². The average molecular weight is 532 g/mol. The molecule has 0 aliphatic heterocycles. The molecular weight excluding hydrogens is 503 g/mol. The SMILES string of the molecule is CN=C(NCCCOc1ccccc1)NCc1ccc(OCc2ccccn2)cc1.I. The number of hydrogen-bond donors (Lipinski definition) is 2. The number of rotatable bonds is 10. The van der Waals surface area contributed by atoms with Crippen LogP contribution in [-0.2, 0) is 13.2 Å². The molecule has 1 aromatic heterocycles. The fourth-order valence-electron chi connectivity index (χ4n) is 2.74. The lowest BCUT2D eigenvalue weighted by Gasteiger charge is -2.13. The van der Waals surface area contributed by atoms with Crippen molar-refractivity contribution in [3.05, 3.63) is 90.3 Å². The van der Waals surface area contributed by atoms with Gasteiger partial charge in [-0.3, -0.25) is 9.98 Å². The second-order valence-corrected chi connectivity index (χ2v) is 6.62. The number of halogens is 1. The normalized spacial score (nSPS) is 10.7. The quantitative estimate of drug-likeness (QED) is 0.175. The first-order chi connectivity index (χ1) is 14.8. The first-order valence-electron chi connectivity index (χ1n) is 10.1. The predicted molar refractivity (Wildman–Crippen MR) is 135 cm³/mol. The zero-order chi connectivity index (χ0) is 20.9. The lowest BCUT2D eigenvalue weighted by Crippen LogP contribution is -2.37. The minimum absolute atomic E-state index is 0. The van der Waals surface area contributed by atoms with Crippen molar-refractivity contribution in [3.63, 3.8) is 0 Å². The maximum Gasteiger partial charge on any atom is 0.191 e. The predicted octanol–water partition coefficient (Wildman–Crippen LogP) is 4.41. The van der Waals surface area contributed by atoms with Gasteiger partial charge in [-0.2, -0.15) is 0 Å². The Morgan fingerprint density at radius 1 is 0.871 bits per heavy atom. The molecule has 0 radical (unpaired) electrons. The Labute approximate surface area is 201 Å². The highest BCUT2D eigenvalue weighted by Crippen LogP contribution is 2.13. The molecule has 0 aliphatic rings. The summed E-state index contributed by atoms with van der Waals surface area (Å²) >= 11 is 0. The number of nitrogens with one attached hydrogen (secondary N) is 2. The van der Waals surface area contributed by atoms with Crippen LogP contribution < -0.4 is 20.1 Å². The van der Waals surface area contributed by atoms with E-state index in [9.17, 15) is 0 Å². The summed E-state index contributed by atoms with van der Waals surface area (Å²) in [6.07, 6.45) is 2.66. The molecule has 3 aromatic rings. The third-order valence-electron chi connectivity index (χ3n) is 4.35. The Balaban J connectivity index is 0.00000341. The van der Waals surface area contributed by atoms with Crippen molar-refractivity contribution in [1.82, 2.24) is 15.6 Å². The van der Waals surface area contributed by atoms with Gasteiger partial charge in [-0.05, 0) is 48.4 Å². The minimum Gasteiger partial charge on any atom is -0.494 e. The number of aromatic nitrogens is 1. The molecule has 0 aliphatic carbocycles. The molecule has 0 amide bonds. The minimum atomic E-state index is 0. The maximum atomic E-state index is 5.77. The molecule has 1 heterocycles. The van der Waals surface area contributed by atoms with Gasteiger partial charge in [0.25, 0.3) is 0 Å². The molecule has 0 saturated heterocycles. The van der Waals surface area contributed by atoms with Crippen LogP contribution in [0.25, 0.3) is 0 Å². The Bertz CT molecular complexity index is 890. The second kappa shape index (κ2) is 14.2. The van der Waals surface area contributed by atoms with Crippen LogP contribution >= 0.6 is 24.0 Å². The molecule has 2 aromatic carbocycles. The molecule has 31 heavy (non-hydrogen) atoms. The van der Waals surface area contributed by atoms with Crippen molar-refractivity contribution in [3.8, 4) is 11.5 Å². The van der Waals surface area contributed by atoms with Crippen molar-refractivity contribution < 1.29 is 9.47 Å². The Hall–Kier alpha value is -2.81. The monoisotopic (exact) mass is 532 g/mol. The second-order valence-electron chi connectivity index (χ2n) is 6.62. The van der Waals surface area contributed by atoms with Crippen LogP contribution in [0.4, 0.5) is 0 Å². The van der Waals surface area contributed by atoms with Gasteiger partial charge < -0.3 is 20.1 Å². The highest BCUT2D eigenvalue weighted by atomic mass is 127. The van der Waals surface area contributed by atoms with E-state index in [-0.39, 0.29) is 24.0 Å². The molecule has 2 N–H and O–H groups in total. The van der Waals surface area contributed by atoms with Crippen molar-refractivity contribution in [1.29, 1.82) is 0 Å². The zero-order valence-electron chi connectivity index (χ0n) is 17.7. The summed E-state index contributed by atoms with van der Waals surface area (Å²) in [4.78, 5) is 8.52. The van der Waals surface area contributed by atoms with Crippen LogP contribution in [0.1, 0.15) is 17.7 Å². The number of hydrogen-bond acceptors (Lipinski definition) is 4. The summed E-state index contributed by atoms with van der Waals surface area (Å²) in [5.41, 5.74) is 2.06. The van der Waals surface area contributed by atoms with Crippen LogP contribution in [0.5, 0.6) is 11.5 Å². The van der Waals surface area contributed by atoms with E-state index in [1.807, 2.05) is 72.8 Å². The average Bonchev–Trinajstić information content (AvgIpc) is 2.81. The van der Waals surface area contributed by atoms with Crippen LogP contribution in [0, 0.1) is 0 Å². The molecule has 0 atom stereocenters. The zero-order valence-corrected chi connectivity index (χ0v) is 20.0. The summed E-state index contributed by atoms with van der Waals surface area (Å²) < 4.78 is 11.5. The Kier molecular flexibility index (Phi) is 11.2. The Morgan fingerprint density at radius 3 is 2.32 bits per heavy atom. The molecule has 0 unspecified atom stereocenters. The molecule has 164 valence electrons. The summed E-state index contributed by atoms with van der Waals surface area (Å²) in [7, 11) is 1.77. The molecular formula is C24H29IN4O2. The van der Waals surface area contributed by atoms with E-state index in [1.165, 1.54) is 0 Å². The maximum absolute atomic E-state index is 5.77. The number of guanidine groups is 1. The van der Waals surface area contributed by atoms with Gasteiger partial charge in [-0.1, -0.05) is 36.4 Å². The van der Waals surface area contributed by atoms with E-state index in [4.69, 9.17) is 9.47 Å². The number of ether oxygens (including phenoxy) is 2. The van der Waals surface area contributed by atoms with Gasteiger partial charge in [0.05, 0.1) is 12.3 Å². The summed E-state index contributed by atoms with van der Waals surface area (Å²) in [6.45, 7) is 2.59. The highest BCUT2D eigenvalue weighted by molar-refractivity contribution is 14.0. The van der Waals surface area contributed by atoms with E-state index >= 15 is 0 Å². The summed E-state index contributed by atoms with van der Waals surface area (Å²) in [6, 6.07) is 23.7. The number of benzene rings is 2. The summed E-state index contributed by atoms with van der Waals surface area (Å²) in [5, 5.41) is 6.62. The largest absolute Gasteiger partial charge is 0.494 e. The first kappa shape index (κ1) is 24.5. The third-order valence-corrected chi connectivity index (χ3v) is 4.35.